The topological polar surface area (TPSA) is 181 Å². The fourth-order valence-electron chi connectivity index (χ4n) is 4.61. The molecule has 0 saturated heterocycles. The Hall–Kier alpha value is -5.05. The van der Waals surface area contributed by atoms with Crippen LogP contribution in [0.5, 0.6) is 0 Å². The van der Waals surface area contributed by atoms with Crippen molar-refractivity contribution in [1.82, 2.24) is 25.0 Å². The fourth-order valence-corrected chi connectivity index (χ4v) is 4.97. The van der Waals surface area contributed by atoms with E-state index in [1.165, 1.54) is 17.3 Å². The number of carboxylic acid groups (broad SMARTS) is 1. The number of halogens is 1. The first-order valence-electron chi connectivity index (χ1n) is 15.7. The Morgan fingerprint density at radius 3 is 2.02 bits per heavy atom. The molecular weight excluding hydrogens is 712 g/mol. The second-order valence-electron chi connectivity index (χ2n) is 14.8. The van der Waals surface area contributed by atoms with Gasteiger partial charge in [0, 0.05) is 36.5 Å². The van der Waals surface area contributed by atoms with E-state index >= 15 is 0 Å². The van der Waals surface area contributed by atoms with Crippen LogP contribution in [0.1, 0.15) is 67.9 Å². The van der Waals surface area contributed by atoms with Gasteiger partial charge in [-0.25, -0.2) is 24.4 Å². The Kier molecular flexibility index (Phi) is 10.9. The molecule has 3 amide bonds. The van der Waals surface area contributed by atoms with Crippen LogP contribution in [0.2, 0.25) is 0 Å². The summed E-state index contributed by atoms with van der Waals surface area (Å²) in [6, 6.07) is 10.3. The third-order valence-electron chi connectivity index (χ3n) is 6.57. The zero-order valence-corrected chi connectivity index (χ0v) is 31.0. The van der Waals surface area contributed by atoms with Gasteiger partial charge in [0.2, 0.25) is 0 Å². The van der Waals surface area contributed by atoms with E-state index in [1.807, 2.05) is 20.8 Å². The summed E-state index contributed by atoms with van der Waals surface area (Å²) in [5.74, 6) is -0.192. The average Bonchev–Trinajstić information content (AvgIpc) is 3.46. The summed E-state index contributed by atoms with van der Waals surface area (Å²) in [6.45, 7) is 16.4. The van der Waals surface area contributed by atoms with E-state index in [9.17, 15) is 24.3 Å². The molecule has 0 radical (unpaired) electrons. The van der Waals surface area contributed by atoms with E-state index in [2.05, 4.69) is 31.1 Å². The number of pyridine rings is 1. The Labute approximate surface area is 297 Å². The number of imide groups is 1. The molecular formula is C35H41BrN6O8. The van der Waals surface area contributed by atoms with Gasteiger partial charge in [0.25, 0.3) is 5.56 Å². The van der Waals surface area contributed by atoms with E-state index in [1.54, 1.807) is 77.9 Å². The molecule has 0 aliphatic rings. The zero-order valence-electron chi connectivity index (χ0n) is 29.5. The largest absolute Gasteiger partial charge is 0.465 e. The van der Waals surface area contributed by atoms with Crippen molar-refractivity contribution >= 4 is 40.0 Å². The number of carbonyl (C=O) groups is 3. The van der Waals surface area contributed by atoms with Gasteiger partial charge in [0.1, 0.15) is 16.9 Å². The van der Waals surface area contributed by atoms with Gasteiger partial charge in [-0.3, -0.25) is 4.79 Å². The van der Waals surface area contributed by atoms with Gasteiger partial charge in [-0.2, -0.15) is 4.90 Å². The molecule has 0 fully saturated rings. The van der Waals surface area contributed by atoms with E-state index < -0.39 is 29.5 Å². The first kappa shape index (κ1) is 37.8. The van der Waals surface area contributed by atoms with Crippen molar-refractivity contribution in [2.45, 2.75) is 80.1 Å². The summed E-state index contributed by atoms with van der Waals surface area (Å²) in [4.78, 5) is 64.8. The van der Waals surface area contributed by atoms with Crippen molar-refractivity contribution in [3.8, 4) is 34.0 Å². The van der Waals surface area contributed by atoms with Crippen LogP contribution in [0.3, 0.4) is 0 Å². The van der Waals surface area contributed by atoms with Crippen LogP contribution in [0.25, 0.3) is 34.0 Å². The standard InChI is InChI=1S/C35H41BrN6O8/c1-33(2,3)19-41(30(44)45)18-20-10-12-21(13-11-20)24-15-26(50-40-24)27-28(37-17-25(39-27)22-14-23(36)29(43)38-16-22)42(31(46)48-34(4,5)6)32(47)49-35(7,8)9/h10-17H,18-19H2,1-9H3,(H,38,43)(H,44,45). The fraction of sp³-hybridized carbons (Fsp3) is 0.400. The second-order valence-corrected chi connectivity index (χ2v) is 15.6. The molecule has 0 spiro atoms. The third kappa shape index (κ3) is 10.00. The quantitative estimate of drug-likeness (QED) is 0.186. The van der Waals surface area contributed by atoms with Crippen LogP contribution in [-0.4, -0.2) is 66.1 Å². The Bertz CT molecular complexity index is 1910. The molecule has 3 heterocycles. The molecule has 4 rings (SSSR count). The lowest BCUT2D eigenvalue weighted by Gasteiger charge is -2.28. The minimum atomic E-state index is -1.06. The lowest BCUT2D eigenvalue weighted by molar-refractivity contribution is 0.0428. The van der Waals surface area contributed by atoms with Crippen molar-refractivity contribution in [2.24, 2.45) is 5.41 Å². The summed E-state index contributed by atoms with van der Waals surface area (Å²) in [7, 11) is 0. The maximum absolute atomic E-state index is 13.6. The molecule has 0 bridgehead atoms. The molecule has 0 unspecified atom stereocenters. The minimum absolute atomic E-state index is 0.0452. The van der Waals surface area contributed by atoms with E-state index in [0.29, 0.717) is 28.3 Å². The number of hydrogen-bond acceptors (Lipinski definition) is 10. The molecule has 0 aliphatic heterocycles. The van der Waals surface area contributed by atoms with Gasteiger partial charge >= 0.3 is 18.3 Å². The molecule has 0 saturated carbocycles. The smallest absolute Gasteiger partial charge is 0.425 e. The number of hydrogen-bond donors (Lipinski definition) is 2. The first-order chi connectivity index (χ1) is 23.1. The summed E-state index contributed by atoms with van der Waals surface area (Å²) < 4.78 is 17.1. The summed E-state index contributed by atoms with van der Waals surface area (Å²) >= 11 is 3.22. The van der Waals surface area contributed by atoms with Gasteiger partial charge in [-0.1, -0.05) is 50.2 Å². The lowest BCUT2D eigenvalue weighted by Crippen LogP contribution is -2.44. The van der Waals surface area contributed by atoms with Crippen LogP contribution >= 0.6 is 15.9 Å². The molecule has 14 nitrogen and oxygen atoms in total. The highest BCUT2D eigenvalue weighted by atomic mass is 79.9. The van der Waals surface area contributed by atoms with E-state index in [0.717, 1.165) is 5.56 Å². The number of nitrogens with zero attached hydrogens (tertiary/aromatic N) is 5. The first-order valence-corrected chi connectivity index (χ1v) is 16.5. The summed E-state index contributed by atoms with van der Waals surface area (Å²) in [6.07, 6.45) is -0.347. The number of aromatic nitrogens is 4. The van der Waals surface area contributed by atoms with E-state index in [4.69, 9.17) is 19.0 Å². The molecule has 4 aromatic rings. The number of amides is 3. The van der Waals surface area contributed by atoms with Crippen LogP contribution in [0.15, 0.2) is 62.6 Å². The van der Waals surface area contributed by atoms with Crippen molar-refractivity contribution in [2.75, 3.05) is 11.4 Å². The number of anilines is 1. The number of rotatable bonds is 7. The zero-order chi connectivity index (χ0) is 37.2. The Morgan fingerprint density at radius 1 is 0.900 bits per heavy atom. The Balaban J connectivity index is 1.80. The number of benzene rings is 1. The van der Waals surface area contributed by atoms with Gasteiger partial charge in [0.15, 0.2) is 17.3 Å². The number of carbonyl (C=O) groups excluding carboxylic acids is 2. The third-order valence-corrected chi connectivity index (χ3v) is 7.16. The van der Waals surface area contributed by atoms with Crippen LogP contribution in [0.4, 0.5) is 20.2 Å². The maximum atomic E-state index is 13.6. The summed E-state index contributed by atoms with van der Waals surface area (Å²) in [5, 5.41) is 13.9. The average molecular weight is 754 g/mol. The highest BCUT2D eigenvalue weighted by molar-refractivity contribution is 9.10. The SMILES string of the molecule is CC(C)(C)CN(Cc1ccc(-c2cc(-c3nc(-c4c[nH]c(=O)c(Br)c4)cnc3N(C(=O)OC(C)(C)C)C(=O)OC(C)(C)C)on2)cc1)C(=O)O. The number of H-pyrrole nitrogens is 1. The number of aromatic amines is 1. The van der Waals surface area contributed by atoms with Gasteiger partial charge in [0.05, 0.1) is 16.4 Å². The summed E-state index contributed by atoms with van der Waals surface area (Å²) in [5.41, 5.74) is -0.0147. The molecule has 3 aromatic heterocycles. The van der Waals surface area contributed by atoms with Gasteiger partial charge < -0.3 is 29.0 Å². The molecule has 266 valence electrons. The van der Waals surface area contributed by atoms with E-state index in [-0.39, 0.29) is 45.0 Å². The van der Waals surface area contributed by atoms with Crippen LogP contribution < -0.4 is 10.5 Å². The molecule has 1 aromatic carbocycles. The predicted octanol–water partition coefficient (Wildman–Crippen LogP) is 8.12. The predicted molar refractivity (Wildman–Crippen MR) is 190 cm³/mol. The van der Waals surface area contributed by atoms with Crippen LogP contribution in [-0.2, 0) is 16.0 Å². The molecule has 50 heavy (non-hydrogen) atoms. The van der Waals surface area contributed by atoms with Crippen molar-refractivity contribution in [1.29, 1.82) is 0 Å². The number of ether oxygens (including phenoxy) is 2. The molecule has 0 aliphatic carbocycles. The molecule has 0 atom stereocenters. The highest BCUT2D eigenvalue weighted by Crippen LogP contribution is 2.34. The highest BCUT2D eigenvalue weighted by Gasteiger charge is 2.37. The maximum Gasteiger partial charge on any atom is 0.425 e. The Morgan fingerprint density at radius 2 is 1.50 bits per heavy atom. The van der Waals surface area contributed by atoms with Crippen LogP contribution in [0, 0.1) is 5.41 Å². The number of nitrogens with one attached hydrogen (secondary N) is 1. The van der Waals surface area contributed by atoms with Gasteiger partial charge in [-0.05, 0) is 74.5 Å². The normalized spacial score (nSPS) is 12.0. The molecule has 15 heteroatoms. The molecule has 2 N–H and O–H groups in total. The van der Waals surface area contributed by atoms with Crippen molar-refractivity contribution in [3.63, 3.8) is 0 Å². The minimum Gasteiger partial charge on any atom is -0.465 e. The van der Waals surface area contributed by atoms with Gasteiger partial charge in [-0.15, -0.1) is 0 Å². The van der Waals surface area contributed by atoms with Crippen molar-refractivity contribution < 1.29 is 33.5 Å². The lowest BCUT2D eigenvalue weighted by atomic mass is 9.96. The second kappa shape index (κ2) is 14.4. The van der Waals surface area contributed by atoms with Crippen molar-refractivity contribution in [3.05, 3.63) is 69.2 Å². The monoisotopic (exact) mass is 752 g/mol.